The van der Waals surface area contributed by atoms with Crippen LogP contribution in [0.25, 0.3) is 5.57 Å². The summed E-state index contributed by atoms with van der Waals surface area (Å²) in [5, 5.41) is 9.81. The first kappa shape index (κ1) is 11.0. The third kappa shape index (κ3) is 2.24. The molecule has 1 aromatic heterocycles. The van der Waals surface area contributed by atoms with Crippen LogP contribution in [0.1, 0.15) is 12.3 Å². The van der Waals surface area contributed by atoms with Gasteiger partial charge < -0.3 is 15.2 Å². The zero-order valence-electron chi connectivity index (χ0n) is 7.91. The summed E-state index contributed by atoms with van der Waals surface area (Å²) in [5.41, 5.74) is 1.08. The lowest BCUT2D eigenvalue weighted by molar-refractivity contribution is 0.406. The number of hydrogen-bond acceptors (Lipinski definition) is 5. The highest BCUT2D eigenvalue weighted by Gasteiger charge is 2.12. The minimum Gasteiger partial charge on any atom is -0.355 e. The lowest BCUT2D eigenvalue weighted by atomic mass is 10.1. The van der Waals surface area contributed by atoms with Gasteiger partial charge in [0.05, 0.1) is 0 Å². The first-order valence-electron chi connectivity index (χ1n) is 4.32. The number of hydrogen-bond donors (Lipinski definition) is 2. The molecule has 0 unspecified atom stereocenters. The summed E-state index contributed by atoms with van der Waals surface area (Å²) in [6.07, 6.45) is 3.15. The molecule has 6 heteroatoms. The molecule has 0 fully saturated rings. The molecule has 2 N–H and O–H groups in total. The van der Waals surface area contributed by atoms with E-state index in [9.17, 15) is 0 Å². The maximum atomic E-state index is 5.06. The third-order valence-electron chi connectivity index (χ3n) is 1.95. The largest absolute Gasteiger partial charge is 0.355 e. The predicted molar refractivity (Wildman–Crippen MR) is 56.6 cm³/mol. The number of rotatable bonds is 2. The molecule has 0 aromatic carbocycles. The monoisotopic (exact) mass is 216 g/mol. The van der Waals surface area contributed by atoms with E-state index < -0.39 is 0 Å². The van der Waals surface area contributed by atoms with Crippen LogP contribution in [0.5, 0.6) is 0 Å². The van der Waals surface area contributed by atoms with Crippen molar-refractivity contribution in [3.63, 3.8) is 0 Å². The lowest BCUT2D eigenvalue weighted by Crippen LogP contribution is -2.21. The number of nitrogens with one attached hydrogen (secondary N) is 2. The van der Waals surface area contributed by atoms with Crippen molar-refractivity contribution in [3.05, 3.63) is 12.0 Å². The average molecular weight is 217 g/mol. The second-order valence-corrected chi connectivity index (χ2v) is 2.87. The van der Waals surface area contributed by atoms with Gasteiger partial charge in [-0.25, -0.2) is 0 Å². The predicted octanol–water partition coefficient (Wildman–Crippen LogP) is 0.910. The van der Waals surface area contributed by atoms with E-state index in [1.54, 1.807) is 7.05 Å². The van der Waals surface area contributed by atoms with E-state index in [1.165, 1.54) is 0 Å². The Kier molecular flexibility index (Phi) is 3.91. The highest BCUT2D eigenvalue weighted by atomic mass is 35.5. The highest BCUT2D eigenvalue weighted by Crippen LogP contribution is 2.15. The maximum absolute atomic E-state index is 5.06. The van der Waals surface area contributed by atoms with Crippen LogP contribution in [0.2, 0.25) is 0 Å². The standard InChI is InChI=1S/C8H12N4O.ClH/c1-9-8-11-7(13-12-8)6-3-2-4-10-5-6;/h3,10H,2,4-5H2,1H3,(H,9,12);1H. The lowest BCUT2D eigenvalue weighted by Gasteiger charge is -2.09. The molecule has 1 aliphatic rings. The minimum absolute atomic E-state index is 0. The van der Waals surface area contributed by atoms with Crippen molar-refractivity contribution in [2.45, 2.75) is 6.42 Å². The van der Waals surface area contributed by atoms with Crippen LogP contribution in [0, 0.1) is 0 Å². The van der Waals surface area contributed by atoms with Crippen molar-refractivity contribution in [2.75, 3.05) is 25.5 Å². The van der Waals surface area contributed by atoms with Gasteiger partial charge in [0.2, 0.25) is 0 Å². The molecule has 0 amide bonds. The summed E-state index contributed by atoms with van der Waals surface area (Å²) < 4.78 is 5.06. The Morgan fingerprint density at radius 3 is 3.00 bits per heavy atom. The number of nitrogens with zero attached hydrogens (tertiary/aromatic N) is 2. The van der Waals surface area contributed by atoms with Crippen LogP contribution in [0.4, 0.5) is 5.95 Å². The molecule has 2 heterocycles. The quantitative estimate of drug-likeness (QED) is 0.770. The van der Waals surface area contributed by atoms with E-state index in [0.717, 1.165) is 25.1 Å². The smallest absolute Gasteiger partial charge is 0.263 e. The van der Waals surface area contributed by atoms with Crippen LogP contribution in [-0.4, -0.2) is 30.3 Å². The second kappa shape index (κ2) is 4.97. The molecule has 0 saturated carbocycles. The number of aromatic nitrogens is 2. The minimum atomic E-state index is 0. The summed E-state index contributed by atoms with van der Waals surface area (Å²) in [4.78, 5) is 4.16. The van der Waals surface area contributed by atoms with Gasteiger partial charge >= 0.3 is 0 Å². The van der Waals surface area contributed by atoms with Crippen molar-refractivity contribution >= 4 is 23.9 Å². The van der Waals surface area contributed by atoms with E-state index >= 15 is 0 Å². The van der Waals surface area contributed by atoms with Gasteiger partial charge in [-0.05, 0) is 18.1 Å². The topological polar surface area (TPSA) is 63.0 Å². The van der Waals surface area contributed by atoms with Crippen LogP contribution in [0.15, 0.2) is 10.6 Å². The van der Waals surface area contributed by atoms with E-state index in [1.807, 2.05) is 0 Å². The fraction of sp³-hybridized carbons (Fsp3) is 0.500. The fourth-order valence-electron chi connectivity index (χ4n) is 1.26. The molecule has 0 aliphatic carbocycles. The Morgan fingerprint density at radius 1 is 1.57 bits per heavy atom. The maximum Gasteiger partial charge on any atom is 0.263 e. The van der Waals surface area contributed by atoms with Gasteiger partial charge in [0, 0.05) is 19.2 Å². The van der Waals surface area contributed by atoms with Gasteiger partial charge in [-0.1, -0.05) is 6.08 Å². The molecule has 0 spiro atoms. The number of halogens is 1. The van der Waals surface area contributed by atoms with E-state index in [-0.39, 0.29) is 12.4 Å². The van der Waals surface area contributed by atoms with E-state index in [2.05, 4.69) is 26.9 Å². The second-order valence-electron chi connectivity index (χ2n) is 2.87. The molecule has 78 valence electrons. The zero-order chi connectivity index (χ0) is 9.10. The van der Waals surface area contributed by atoms with Gasteiger partial charge in [0.15, 0.2) is 0 Å². The summed E-state index contributed by atoms with van der Waals surface area (Å²) >= 11 is 0. The zero-order valence-corrected chi connectivity index (χ0v) is 8.73. The van der Waals surface area contributed by atoms with Crippen molar-refractivity contribution in [3.8, 4) is 0 Å². The summed E-state index contributed by atoms with van der Waals surface area (Å²) in [5.74, 6) is 1.14. The molecule has 1 aliphatic heterocycles. The Balaban J connectivity index is 0.000000980. The Morgan fingerprint density at radius 2 is 2.43 bits per heavy atom. The Hall–Kier alpha value is -1.07. The van der Waals surface area contributed by atoms with Crippen molar-refractivity contribution < 1.29 is 4.52 Å². The van der Waals surface area contributed by atoms with Gasteiger partial charge in [0.1, 0.15) is 0 Å². The van der Waals surface area contributed by atoms with Crippen molar-refractivity contribution in [2.24, 2.45) is 0 Å². The molecular formula is C8H13ClN4O. The molecule has 14 heavy (non-hydrogen) atoms. The summed E-state index contributed by atoms with van der Waals surface area (Å²) in [6.45, 7) is 1.84. The Labute approximate surface area is 88.4 Å². The van der Waals surface area contributed by atoms with Crippen LogP contribution in [0.3, 0.4) is 0 Å². The van der Waals surface area contributed by atoms with Crippen molar-refractivity contribution in [1.29, 1.82) is 0 Å². The van der Waals surface area contributed by atoms with Crippen LogP contribution < -0.4 is 10.6 Å². The average Bonchev–Trinajstić information content (AvgIpc) is 2.67. The summed E-state index contributed by atoms with van der Waals surface area (Å²) in [6, 6.07) is 0. The first-order chi connectivity index (χ1) is 6.40. The first-order valence-corrected chi connectivity index (χ1v) is 4.32. The molecule has 0 bridgehead atoms. The SMILES string of the molecule is CNc1noc(C2=CCCNC2)n1.Cl. The van der Waals surface area contributed by atoms with Gasteiger partial charge in [-0.15, -0.1) is 12.4 Å². The summed E-state index contributed by atoms with van der Waals surface area (Å²) in [7, 11) is 1.77. The normalized spacial score (nSPS) is 15.6. The molecule has 5 nitrogen and oxygen atoms in total. The molecule has 2 rings (SSSR count). The molecule has 1 aromatic rings. The third-order valence-corrected chi connectivity index (χ3v) is 1.95. The fourth-order valence-corrected chi connectivity index (χ4v) is 1.26. The Bertz CT molecular complexity index is 323. The molecule has 0 saturated heterocycles. The van der Waals surface area contributed by atoms with Gasteiger partial charge in [-0.2, -0.15) is 4.98 Å². The van der Waals surface area contributed by atoms with Crippen LogP contribution >= 0.6 is 12.4 Å². The molecular weight excluding hydrogens is 204 g/mol. The van der Waals surface area contributed by atoms with Crippen molar-refractivity contribution in [1.82, 2.24) is 15.5 Å². The number of anilines is 1. The molecule has 0 atom stereocenters. The highest BCUT2D eigenvalue weighted by molar-refractivity contribution is 5.85. The van der Waals surface area contributed by atoms with Crippen LogP contribution in [-0.2, 0) is 0 Å². The van der Waals surface area contributed by atoms with E-state index in [0.29, 0.717) is 11.8 Å². The van der Waals surface area contributed by atoms with E-state index in [4.69, 9.17) is 4.52 Å². The van der Waals surface area contributed by atoms with Gasteiger partial charge in [0.25, 0.3) is 11.8 Å². The molecule has 0 radical (unpaired) electrons. The van der Waals surface area contributed by atoms with Gasteiger partial charge in [-0.3, -0.25) is 0 Å².